The van der Waals surface area contributed by atoms with E-state index in [1.54, 1.807) is 6.20 Å². The molecule has 2 heterocycles. The highest BCUT2D eigenvalue weighted by Crippen LogP contribution is 2.25. The van der Waals surface area contributed by atoms with E-state index in [9.17, 15) is 4.79 Å². The van der Waals surface area contributed by atoms with Crippen LogP contribution in [0.3, 0.4) is 0 Å². The summed E-state index contributed by atoms with van der Waals surface area (Å²) in [5.41, 5.74) is 4.78. The van der Waals surface area contributed by atoms with Gasteiger partial charge in [0, 0.05) is 36.3 Å². The maximum absolute atomic E-state index is 12.4. The van der Waals surface area contributed by atoms with Crippen LogP contribution in [0, 0.1) is 6.92 Å². The van der Waals surface area contributed by atoms with E-state index in [4.69, 9.17) is 0 Å². The number of nitrogens with zero attached hydrogens (tertiary/aromatic N) is 3. The number of carbonyl (C=O) groups excluding carboxylic acids is 1. The largest absolute Gasteiger partial charge is 0.326 e. The summed E-state index contributed by atoms with van der Waals surface area (Å²) >= 11 is 0. The number of carbonyl (C=O) groups is 1. The second kappa shape index (κ2) is 7.41. The summed E-state index contributed by atoms with van der Waals surface area (Å²) in [6.45, 7) is 1.99. The SMILES string of the molecule is Cc1ccc(-c2cn3cccnc3n2)cc1NC(=O)CCc1ccccc1. The van der Waals surface area contributed by atoms with Gasteiger partial charge in [0.2, 0.25) is 11.7 Å². The third-order valence-corrected chi connectivity index (χ3v) is 4.53. The van der Waals surface area contributed by atoms with Crippen LogP contribution in [0.4, 0.5) is 5.69 Å². The van der Waals surface area contributed by atoms with Gasteiger partial charge < -0.3 is 5.32 Å². The summed E-state index contributed by atoms with van der Waals surface area (Å²) in [6, 6.07) is 17.9. The molecule has 0 spiro atoms. The Bertz CT molecular complexity index is 1050. The van der Waals surface area contributed by atoms with E-state index in [0.29, 0.717) is 12.2 Å². The smallest absolute Gasteiger partial charge is 0.234 e. The molecule has 1 N–H and O–H groups in total. The van der Waals surface area contributed by atoms with Crippen LogP contribution in [0.2, 0.25) is 0 Å². The van der Waals surface area contributed by atoms with Gasteiger partial charge in [-0.25, -0.2) is 9.97 Å². The number of anilines is 1. The van der Waals surface area contributed by atoms with Crippen LogP contribution in [-0.2, 0) is 11.2 Å². The number of benzene rings is 2. The molecular formula is C22H20N4O. The maximum atomic E-state index is 12.4. The number of hydrogen-bond acceptors (Lipinski definition) is 3. The third kappa shape index (κ3) is 3.87. The fourth-order valence-corrected chi connectivity index (χ4v) is 3.00. The molecule has 0 saturated carbocycles. The zero-order valence-electron chi connectivity index (χ0n) is 15.1. The van der Waals surface area contributed by atoms with Crippen molar-refractivity contribution in [3.63, 3.8) is 0 Å². The Morgan fingerprint density at radius 3 is 2.78 bits per heavy atom. The molecule has 2 aromatic carbocycles. The molecule has 0 aliphatic rings. The minimum atomic E-state index is 0.00997. The van der Waals surface area contributed by atoms with E-state index in [0.717, 1.165) is 34.5 Å². The van der Waals surface area contributed by atoms with Gasteiger partial charge in [0.1, 0.15) is 0 Å². The van der Waals surface area contributed by atoms with Gasteiger partial charge in [0.05, 0.1) is 5.69 Å². The van der Waals surface area contributed by atoms with Crippen molar-refractivity contribution in [2.45, 2.75) is 19.8 Å². The van der Waals surface area contributed by atoms with E-state index in [1.807, 2.05) is 78.3 Å². The number of fused-ring (bicyclic) bond motifs is 1. The van der Waals surface area contributed by atoms with Crippen LogP contribution in [0.15, 0.2) is 73.2 Å². The lowest BCUT2D eigenvalue weighted by Crippen LogP contribution is -2.13. The average Bonchev–Trinajstić information content (AvgIpc) is 3.13. The monoisotopic (exact) mass is 356 g/mol. The topological polar surface area (TPSA) is 59.3 Å². The Labute approximate surface area is 157 Å². The van der Waals surface area contributed by atoms with Crippen molar-refractivity contribution < 1.29 is 4.79 Å². The molecule has 2 aromatic heterocycles. The number of rotatable bonds is 5. The van der Waals surface area contributed by atoms with Crippen LogP contribution in [0.1, 0.15) is 17.5 Å². The van der Waals surface area contributed by atoms with Gasteiger partial charge in [-0.3, -0.25) is 9.20 Å². The average molecular weight is 356 g/mol. The number of amides is 1. The Morgan fingerprint density at radius 2 is 1.96 bits per heavy atom. The number of nitrogens with one attached hydrogen (secondary N) is 1. The summed E-state index contributed by atoms with van der Waals surface area (Å²) in [5, 5.41) is 3.04. The lowest BCUT2D eigenvalue weighted by molar-refractivity contribution is -0.116. The molecule has 27 heavy (non-hydrogen) atoms. The van der Waals surface area contributed by atoms with Crippen LogP contribution in [0.25, 0.3) is 17.0 Å². The van der Waals surface area contributed by atoms with Gasteiger partial charge in [0.15, 0.2) is 0 Å². The molecule has 5 nitrogen and oxygen atoms in total. The lowest BCUT2D eigenvalue weighted by atomic mass is 10.1. The second-order valence-corrected chi connectivity index (χ2v) is 6.52. The Balaban J connectivity index is 1.51. The minimum Gasteiger partial charge on any atom is -0.326 e. The molecule has 0 aliphatic heterocycles. The van der Waals surface area contributed by atoms with Gasteiger partial charge in [-0.05, 0) is 36.6 Å². The Kier molecular flexibility index (Phi) is 4.66. The van der Waals surface area contributed by atoms with Crippen molar-refractivity contribution in [3.8, 4) is 11.3 Å². The normalized spacial score (nSPS) is 10.9. The molecule has 0 unspecified atom stereocenters. The molecule has 0 saturated heterocycles. The minimum absolute atomic E-state index is 0.00997. The first-order chi connectivity index (χ1) is 13.2. The molecule has 0 atom stereocenters. The first-order valence-corrected chi connectivity index (χ1v) is 8.93. The van der Waals surface area contributed by atoms with Crippen LogP contribution >= 0.6 is 0 Å². The highest BCUT2D eigenvalue weighted by Gasteiger charge is 2.10. The van der Waals surface area contributed by atoms with Gasteiger partial charge >= 0.3 is 0 Å². The molecule has 4 rings (SSSR count). The fraction of sp³-hybridized carbons (Fsp3) is 0.136. The standard InChI is InChI=1S/C22H20N4O/c1-16-8-10-18(20-15-26-13-5-12-23-22(26)25-20)14-19(16)24-21(27)11-9-17-6-3-2-4-7-17/h2-8,10,12-15H,9,11H2,1H3,(H,24,27). The maximum Gasteiger partial charge on any atom is 0.234 e. The number of aromatic nitrogens is 3. The molecule has 0 fully saturated rings. The zero-order valence-corrected chi connectivity index (χ0v) is 15.1. The second-order valence-electron chi connectivity index (χ2n) is 6.52. The highest BCUT2D eigenvalue weighted by molar-refractivity contribution is 5.92. The first-order valence-electron chi connectivity index (χ1n) is 8.93. The molecule has 0 radical (unpaired) electrons. The van der Waals surface area contributed by atoms with Gasteiger partial charge in [-0.15, -0.1) is 0 Å². The molecule has 4 aromatic rings. The van der Waals surface area contributed by atoms with Crippen LogP contribution in [-0.4, -0.2) is 20.3 Å². The van der Waals surface area contributed by atoms with Crippen molar-refractivity contribution in [1.82, 2.24) is 14.4 Å². The van der Waals surface area contributed by atoms with Crippen LogP contribution < -0.4 is 5.32 Å². The summed E-state index contributed by atoms with van der Waals surface area (Å²) in [7, 11) is 0. The Morgan fingerprint density at radius 1 is 1.11 bits per heavy atom. The molecule has 134 valence electrons. The van der Waals surface area contributed by atoms with Crippen molar-refractivity contribution in [1.29, 1.82) is 0 Å². The van der Waals surface area contributed by atoms with E-state index < -0.39 is 0 Å². The summed E-state index contributed by atoms with van der Waals surface area (Å²) in [5.74, 6) is 0.664. The fourth-order valence-electron chi connectivity index (χ4n) is 3.00. The van der Waals surface area contributed by atoms with Gasteiger partial charge in [0.25, 0.3) is 0 Å². The van der Waals surface area contributed by atoms with Crippen molar-refractivity contribution in [2.75, 3.05) is 5.32 Å². The quantitative estimate of drug-likeness (QED) is 0.581. The highest BCUT2D eigenvalue weighted by atomic mass is 16.1. The third-order valence-electron chi connectivity index (χ3n) is 4.53. The molecule has 0 bridgehead atoms. The summed E-state index contributed by atoms with van der Waals surface area (Å²) in [4.78, 5) is 21.2. The van der Waals surface area contributed by atoms with E-state index in [1.165, 1.54) is 0 Å². The number of imidazole rings is 1. The predicted molar refractivity (Wildman–Crippen MR) is 107 cm³/mol. The zero-order chi connectivity index (χ0) is 18.6. The molecular weight excluding hydrogens is 336 g/mol. The predicted octanol–water partition coefficient (Wildman–Crippen LogP) is 4.28. The van der Waals surface area contributed by atoms with Crippen molar-refractivity contribution >= 4 is 17.4 Å². The van der Waals surface area contributed by atoms with Gasteiger partial charge in [-0.2, -0.15) is 0 Å². The molecule has 5 heteroatoms. The van der Waals surface area contributed by atoms with Crippen LogP contribution in [0.5, 0.6) is 0 Å². The molecule has 1 amide bonds. The van der Waals surface area contributed by atoms with E-state index >= 15 is 0 Å². The van der Waals surface area contributed by atoms with E-state index in [-0.39, 0.29) is 5.91 Å². The Hall–Kier alpha value is -3.47. The van der Waals surface area contributed by atoms with Crippen molar-refractivity contribution in [2.24, 2.45) is 0 Å². The summed E-state index contributed by atoms with van der Waals surface area (Å²) < 4.78 is 1.88. The molecule has 0 aliphatic carbocycles. The number of hydrogen-bond donors (Lipinski definition) is 1. The van der Waals surface area contributed by atoms with Gasteiger partial charge in [-0.1, -0.05) is 42.5 Å². The van der Waals surface area contributed by atoms with Crippen molar-refractivity contribution in [3.05, 3.63) is 84.3 Å². The lowest BCUT2D eigenvalue weighted by Gasteiger charge is -2.10. The summed E-state index contributed by atoms with van der Waals surface area (Å²) in [6.07, 6.45) is 6.75. The van der Waals surface area contributed by atoms with E-state index in [2.05, 4.69) is 15.3 Å². The number of aryl methyl sites for hydroxylation is 2. The first kappa shape index (κ1) is 17.0.